The van der Waals surface area contributed by atoms with Crippen LogP contribution in [0.2, 0.25) is 0 Å². The summed E-state index contributed by atoms with van der Waals surface area (Å²) in [4.78, 5) is 20.1. The molecule has 0 aromatic rings. The second kappa shape index (κ2) is 8.64. The molecular weight excluding hydrogens is 435 g/mol. The van der Waals surface area contributed by atoms with Gasteiger partial charge >= 0.3 is 6.36 Å². The van der Waals surface area contributed by atoms with Crippen LogP contribution in [0.5, 0.6) is 0 Å². The minimum atomic E-state index is -4.57. The van der Waals surface area contributed by atoms with Crippen molar-refractivity contribution >= 4 is 5.91 Å². The number of ether oxygens (including phenoxy) is 1. The van der Waals surface area contributed by atoms with Crippen molar-refractivity contribution in [2.75, 3.05) is 13.6 Å². The van der Waals surface area contributed by atoms with E-state index in [1.165, 1.54) is 0 Å². The Hall–Kier alpha value is -0.900. The minimum Gasteiger partial charge on any atom is -0.378 e. The monoisotopic (exact) mass is 473 g/mol. The van der Waals surface area contributed by atoms with Gasteiger partial charge in [0.05, 0.1) is 12.1 Å². The summed E-state index contributed by atoms with van der Waals surface area (Å²) in [6, 6.07) is 0.237. The molecule has 9 heteroatoms. The summed E-state index contributed by atoms with van der Waals surface area (Å²) in [5.41, 5.74) is 0.0876. The summed E-state index contributed by atoms with van der Waals surface area (Å²) >= 11 is 0. The van der Waals surface area contributed by atoms with Crippen LogP contribution in [0.4, 0.5) is 13.2 Å². The lowest BCUT2D eigenvalue weighted by atomic mass is 9.85. The molecule has 1 spiro atoms. The van der Waals surface area contributed by atoms with E-state index in [4.69, 9.17) is 0 Å². The Labute approximate surface area is 194 Å². The average molecular weight is 474 g/mol. The maximum atomic E-state index is 13.6. The summed E-state index contributed by atoms with van der Waals surface area (Å²) in [6.07, 6.45) is 3.14. The van der Waals surface area contributed by atoms with E-state index in [1.54, 1.807) is 0 Å². The molecule has 0 radical (unpaired) electrons. The predicted molar refractivity (Wildman–Crippen MR) is 116 cm³/mol. The lowest BCUT2D eigenvalue weighted by molar-refractivity contribution is -0.354. The summed E-state index contributed by atoms with van der Waals surface area (Å²) in [6.45, 7) is 3.05. The molecule has 3 saturated heterocycles. The molecule has 1 amide bonds. The van der Waals surface area contributed by atoms with Crippen molar-refractivity contribution in [3.05, 3.63) is 0 Å². The van der Waals surface area contributed by atoms with Gasteiger partial charge in [-0.1, -0.05) is 6.92 Å². The van der Waals surface area contributed by atoms with E-state index in [9.17, 15) is 23.1 Å². The standard InChI is InChI=1S/C24H38F3N3O3/c1-15-13-23(8-9-23)29(14-15)22(32)20-7-6-17-10-16(4-3-5-21(31)30(17)20)28(2)18-11-19(12-18)33-24(25,26)27/h15-21,31H,3-14H2,1-2H3/t15-,16+,17-,18?,19?,20+,21?/m1/s1. The van der Waals surface area contributed by atoms with Crippen LogP contribution in [-0.2, 0) is 9.53 Å². The fourth-order valence-electron chi connectivity index (χ4n) is 7.24. The molecule has 0 bridgehead atoms. The van der Waals surface area contributed by atoms with Crippen molar-refractivity contribution in [1.29, 1.82) is 0 Å². The number of carbonyl (C=O) groups is 1. The SMILES string of the molecule is C[C@H]1CN(C(=O)[C@@H]2CC[C@@H]3C[C@@H](N(C)C4CC(OC(F)(F)F)C4)CCCC(O)N32)C2(CC2)C1. The molecule has 0 aromatic carbocycles. The first-order valence-electron chi connectivity index (χ1n) is 12.8. The van der Waals surface area contributed by atoms with Crippen molar-refractivity contribution in [3.63, 3.8) is 0 Å². The Morgan fingerprint density at radius 1 is 1.09 bits per heavy atom. The molecule has 6 nitrogen and oxygen atoms in total. The van der Waals surface area contributed by atoms with E-state index < -0.39 is 18.7 Å². The van der Waals surface area contributed by atoms with Gasteiger partial charge in [0, 0.05) is 30.2 Å². The fourth-order valence-corrected chi connectivity index (χ4v) is 7.24. The number of likely N-dealkylation sites (tertiary alicyclic amines) is 1. The molecule has 5 aliphatic rings. The normalized spacial score (nSPS) is 41.1. The maximum absolute atomic E-state index is 13.6. The molecule has 5 atom stereocenters. The van der Waals surface area contributed by atoms with Crippen LogP contribution in [-0.4, -0.2) is 87.7 Å². The highest BCUT2D eigenvalue weighted by Crippen LogP contribution is 2.52. The van der Waals surface area contributed by atoms with Gasteiger partial charge in [0.2, 0.25) is 5.91 Å². The molecule has 5 rings (SSSR count). The van der Waals surface area contributed by atoms with Crippen LogP contribution in [0.25, 0.3) is 0 Å². The smallest absolute Gasteiger partial charge is 0.378 e. The zero-order valence-corrected chi connectivity index (χ0v) is 19.8. The third kappa shape index (κ3) is 4.67. The highest BCUT2D eigenvalue weighted by molar-refractivity contribution is 5.84. The molecule has 0 aromatic heterocycles. The Kier molecular flexibility index (Phi) is 6.24. The molecule has 5 fully saturated rings. The van der Waals surface area contributed by atoms with Crippen molar-refractivity contribution in [1.82, 2.24) is 14.7 Å². The van der Waals surface area contributed by atoms with Gasteiger partial charge in [0.15, 0.2) is 0 Å². The fraction of sp³-hybridized carbons (Fsp3) is 0.958. The molecule has 3 heterocycles. The summed E-state index contributed by atoms with van der Waals surface area (Å²) in [7, 11) is 2.02. The van der Waals surface area contributed by atoms with Crippen LogP contribution < -0.4 is 0 Å². The van der Waals surface area contributed by atoms with E-state index in [2.05, 4.69) is 26.4 Å². The maximum Gasteiger partial charge on any atom is 0.522 e. The van der Waals surface area contributed by atoms with Crippen molar-refractivity contribution in [3.8, 4) is 0 Å². The average Bonchev–Trinajstić information content (AvgIpc) is 3.21. The summed E-state index contributed by atoms with van der Waals surface area (Å²) < 4.78 is 41.6. The van der Waals surface area contributed by atoms with Gasteiger partial charge in [0.1, 0.15) is 6.23 Å². The first-order valence-corrected chi connectivity index (χ1v) is 12.8. The summed E-state index contributed by atoms with van der Waals surface area (Å²) in [5.74, 6) is 0.742. The molecular formula is C24H38F3N3O3. The Bertz CT molecular complexity index is 740. The molecule has 2 saturated carbocycles. The highest BCUT2D eigenvalue weighted by atomic mass is 19.4. The third-order valence-electron chi connectivity index (χ3n) is 9.14. The zero-order chi connectivity index (χ0) is 23.5. The van der Waals surface area contributed by atoms with Crippen molar-refractivity contribution in [2.45, 2.75) is 126 Å². The van der Waals surface area contributed by atoms with Gasteiger partial charge < -0.3 is 14.9 Å². The second-order valence-electron chi connectivity index (χ2n) is 11.5. The van der Waals surface area contributed by atoms with Gasteiger partial charge in [-0.15, -0.1) is 13.2 Å². The van der Waals surface area contributed by atoms with E-state index in [-0.39, 0.29) is 35.6 Å². The van der Waals surface area contributed by atoms with Gasteiger partial charge in [-0.2, -0.15) is 0 Å². The minimum absolute atomic E-state index is 0.0876. The number of hydrogen-bond donors (Lipinski definition) is 1. The number of alkyl halides is 3. The largest absolute Gasteiger partial charge is 0.522 e. The molecule has 1 unspecified atom stereocenters. The number of hydrogen-bond acceptors (Lipinski definition) is 5. The third-order valence-corrected chi connectivity index (χ3v) is 9.14. The molecule has 33 heavy (non-hydrogen) atoms. The van der Waals surface area contributed by atoms with E-state index in [0.29, 0.717) is 25.2 Å². The van der Waals surface area contributed by atoms with E-state index in [0.717, 1.165) is 57.9 Å². The predicted octanol–water partition coefficient (Wildman–Crippen LogP) is 3.48. The number of aliphatic hydroxyl groups is 1. The van der Waals surface area contributed by atoms with Crippen LogP contribution in [0, 0.1) is 5.92 Å². The molecule has 1 N–H and O–H groups in total. The van der Waals surface area contributed by atoms with Gasteiger partial charge in [-0.3, -0.25) is 14.4 Å². The lowest BCUT2D eigenvalue weighted by Crippen LogP contribution is -2.56. The molecule has 3 aliphatic heterocycles. The number of rotatable bonds is 4. The van der Waals surface area contributed by atoms with E-state index in [1.807, 2.05) is 7.05 Å². The molecule has 2 aliphatic carbocycles. The van der Waals surface area contributed by atoms with E-state index >= 15 is 0 Å². The number of fused-ring (bicyclic) bond motifs is 1. The number of amides is 1. The van der Waals surface area contributed by atoms with Gasteiger partial charge in [0.25, 0.3) is 0 Å². The lowest BCUT2D eigenvalue weighted by Gasteiger charge is -2.47. The Morgan fingerprint density at radius 3 is 2.48 bits per heavy atom. The number of halogens is 3. The first-order chi connectivity index (χ1) is 15.6. The first kappa shape index (κ1) is 23.8. The quantitative estimate of drug-likeness (QED) is 0.678. The van der Waals surface area contributed by atoms with Gasteiger partial charge in [-0.25, -0.2) is 0 Å². The Balaban J connectivity index is 1.22. The van der Waals surface area contributed by atoms with Crippen LogP contribution in [0.1, 0.15) is 77.6 Å². The van der Waals surface area contributed by atoms with Crippen LogP contribution in [0.3, 0.4) is 0 Å². The number of carbonyl (C=O) groups excluding carboxylic acids is 1. The van der Waals surface area contributed by atoms with Crippen molar-refractivity contribution in [2.24, 2.45) is 5.92 Å². The Morgan fingerprint density at radius 2 is 1.82 bits per heavy atom. The van der Waals surface area contributed by atoms with Gasteiger partial charge in [-0.05, 0) is 83.6 Å². The van der Waals surface area contributed by atoms with Crippen LogP contribution >= 0.6 is 0 Å². The van der Waals surface area contributed by atoms with Crippen molar-refractivity contribution < 1.29 is 27.8 Å². The zero-order valence-electron chi connectivity index (χ0n) is 19.8. The topological polar surface area (TPSA) is 56.3 Å². The number of nitrogens with zero attached hydrogens (tertiary/aromatic N) is 3. The summed E-state index contributed by atoms with van der Waals surface area (Å²) in [5, 5.41) is 11.0. The molecule has 188 valence electrons. The highest BCUT2D eigenvalue weighted by Gasteiger charge is 2.57. The number of aliphatic hydroxyl groups excluding tert-OH is 1. The second-order valence-corrected chi connectivity index (χ2v) is 11.5. The van der Waals surface area contributed by atoms with Crippen LogP contribution in [0.15, 0.2) is 0 Å².